The number of rotatable bonds is 5. The number of hydrazone groups is 1. The van der Waals surface area contributed by atoms with Crippen LogP contribution >= 0.6 is 11.6 Å². The number of nitro benzene ring substituents is 1. The van der Waals surface area contributed by atoms with Gasteiger partial charge in [0.1, 0.15) is 18.3 Å². The minimum Gasteiger partial charge on any atom is -0.467 e. The van der Waals surface area contributed by atoms with Crippen molar-refractivity contribution < 1.29 is 14.1 Å². The molecule has 1 amide bonds. The number of non-ortho nitro benzene ring substituents is 1. The van der Waals surface area contributed by atoms with Crippen molar-refractivity contribution in [3.05, 3.63) is 104 Å². The number of halogens is 1. The fourth-order valence-electron chi connectivity index (χ4n) is 3.85. The molecule has 0 radical (unpaired) electrons. The lowest BCUT2D eigenvalue weighted by atomic mass is 10.0. The summed E-state index contributed by atoms with van der Waals surface area (Å²) in [5.41, 5.74) is 0.999. The maximum absolute atomic E-state index is 13.3. The van der Waals surface area contributed by atoms with E-state index in [1.165, 1.54) is 29.7 Å². The minimum absolute atomic E-state index is 0.0545. The number of fused-ring (bicyclic) bond motifs is 1. The molecule has 10 nitrogen and oxygen atoms in total. The first kappa shape index (κ1) is 21.5. The summed E-state index contributed by atoms with van der Waals surface area (Å²) in [5.74, 6) is 0.0970. The van der Waals surface area contributed by atoms with E-state index in [2.05, 4.69) is 10.1 Å². The van der Waals surface area contributed by atoms with Crippen LogP contribution in [0, 0.1) is 10.1 Å². The molecule has 3 heterocycles. The molecule has 1 aliphatic heterocycles. The standard InChI is InChI=1S/C23H16ClN5O5/c24-15-5-3-14(4-6-15)19-11-20(21-2-1-9-34-21)28(26-19)22(30)12-27-13-25-18-8-7-16(29(32)33)10-17(18)23(27)31/h1-10,13,20H,11-12H2. The topological polar surface area (TPSA) is 124 Å². The fraction of sp³-hybridized carbons (Fsp3) is 0.130. The number of nitrogens with zero attached hydrogens (tertiary/aromatic N) is 5. The van der Waals surface area contributed by atoms with Crippen molar-refractivity contribution in [2.24, 2.45) is 5.10 Å². The molecule has 11 heteroatoms. The summed E-state index contributed by atoms with van der Waals surface area (Å²) in [7, 11) is 0. The number of carbonyl (C=O) groups is 1. The number of nitro groups is 1. The maximum atomic E-state index is 13.3. The first-order valence-electron chi connectivity index (χ1n) is 10.2. The summed E-state index contributed by atoms with van der Waals surface area (Å²) in [6, 6.07) is 13.9. The van der Waals surface area contributed by atoms with Crippen LogP contribution in [0.2, 0.25) is 5.02 Å². The molecule has 0 saturated heterocycles. The highest BCUT2D eigenvalue weighted by molar-refractivity contribution is 6.30. The third kappa shape index (κ3) is 3.95. The molecule has 0 spiro atoms. The van der Waals surface area contributed by atoms with Crippen molar-refractivity contribution in [1.29, 1.82) is 0 Å². The summed E-state index contributed by atoms with van der Waals surface area (Å²) in [6.07, 6.45) is 3.18. The summed E-state index contributed by atoms with van der Waals surface area (Å²) in [6.45, 7) is -0.348. The molecule has 0 fully saturated rings. The number of amides is 1. The molecule has 4 aromatic rings. The lowest BCUT2D eigenvalue weighted by molar-refractivity contribution is -0.384. The SMILES string of the molecule is O=C(Cn1cnc2ccc([N+](=O)[O-])cc2c1=O)N1N=C(c2ccc(Cl)cc2)CC1c1ccco1. The monoisotopic (exact) mass is 477 g/mol. The zero-order chi connectivity index (χ0) is 23.8. The number of benzene rings is 2. The minimum atomic E-state index is -0.591. The zero-order valence-corrected chi connectivity index (χ0v) is 18.3. The van der Waals surface area contributed by atoms with Crippen molar-refractivity contribution in [2.75, 3.05) is 0 Å². The Labute approximate surface area is 196 Å². The normalized spacial score (nSPS) is 15.5. The highest BCUT2D eigenvalue weighted by atomic mass is 35.5. The predicted molar refractivity (Wildman–Crippen MR) is 124 cm³/mol. The fourth-order valence-corrected chi connectivity index (χ4v) is 3.98. The number of hydrogen-bond donors (Lipinski definition) is 0. The Morgan fingerprint density at radius 2 is 2.00 bits per heavy atom. The summed E-state index contributed by atoms with van der Waals surface area (Å²) < 4.78 is 6.65. The highest BCUT2D eigenvalue weighted by Crippen LogP contribution is 2.33. The lowest BCUT2D eigenvalue weighted by Crippen LogP contribution is -2.34. The van der Waals surface area contributed by atoms with E-state index in [1.54, 1.807) is 24.3 Å². The second kappa shape index (κ2) is 8.56. The van der Waals surface area contributed by atoms with Gasteiger partial charge in [-0.2, -0.15) is 5.10 Å². The Kier molecular flexibility index (Phi) is 5.42. The first-order chi connectivity index (χ1) is 16.4. The molecule has 2 aromatic carbocycles. The first-order valence-corrected chi connectivity index (χ1v) is 10.6. The van der Waals surface area contributed by atoms with Crippen LogP contribution in [0.5, 0.6) is 0 Å². The highest BCUT2D eigenvalue weighted by Gasteiger charge is 2.35. The number of furan rings is 1. The largest absolute Gasteiger partial charge is 0.467 e. The van der Waals surface area contributed by atoms with Crippen molar-refractivity contribution >= 4 is 39.8 Å². The van der Waals surface area contributed by atoms with E-state index in [4.69, 9.17) is 16.0 Å². The van der Waals surface area contributed by atoms with Crippen LogP contribution in [-0.4, -0.2) is 31.1 Å². The second-order valence-corrected chi connectivity index (χ2v) is 8.10. The molecule has 1 unspecified atom stereocenters. The van der Waals surface area contributed by atoms with Gasteiger partial charge < -0.3 is 4.42 Å². The van der Waals surface area contributed by atoms with E-state index >= 15 is 0 Å². The van der Waals surface area contributed by atoms with Crippen LogP contribution in [0.25, 0.3) is 10.9 Å². The Morgan fingerprint density at radius 3 is 2.71 bits per heavy atom. The van der Waals surface area contributed by atoms with Crippen LogP contribution < -0.4 is 5.56 Å². The summed E-state index contributed by atoms with van der Waals surface area (Å²) in [5, 5.41) is 17.6. The maximum Gasteiger partial charge on any atom is 0.270 e. The van der Waals surface area contributed by atoms with Gasteiger partial charge >= 0.3 is 0 Å². The Bertz CT molecular complexity index is 1490. The number of hydrogen-bond acceptors (Lipinski definition) is 7. The van der Waals surface area contributed by atoms with Gasteiger partial charge in [-0.15, -0.1) is 0 Å². The van der Waals surface area contributed by atoms with Gasteiger partial charge in [0.05, 0.1) is 34.1 Å². The van der Waals surface area contributed by atoms with Crippen molar-refractivity contribution in [3.63, 3.8) is 0 Å². The quantitative estimate of drug-likeness (QED) is 0.317. The molecule has 5 rings (SSSR count). The predicted octanol–water partition coefficient (Wildman–Crippen LogP) is 3.93. The van der Waals surface area contributed by atoms with Gasteiger partial charge in [0.2, 0.25) is 0 Å². The molecule has 34 heavy (non-hydrogen) atoms. The molecule has 1 atom stereocenters. The molecule has 0 N–H and O–H groups in total. The van der Waals surface area contributed by atoms with Gasteiger partial charge in [-0.1, -0.05) is 23.7 Å². The second-order valence-electron chi connectivity index (χ2n) is 7.66. The third-order valence-corrected chi connectivity index (χ3v) is 5.79. The van der Waals surface area contributed by atoms with E-state index in [1.807, 2.05) is 12.1 Å². The number of carbonyl (C=O) groups excluding carboxylic acids is 1. The zero-order valence-electron chi connectivity index (χ0n) is 17.5. The summed E-state index contributed by atoms with van der Waals surface area (Å²) >= 11 is 5.99. The van der Waals surface area contributed by atoms with E-state index in [0.717, 1.165) is 16.2 Å². The van der Waals surface area contributed by atoms with E-state index in [9.17, 15) is 19.7 Å². The van der Waals surface area contributed by atoms with Crippen molar-refractivity contribution in [1.82, 2.24) is 14.6 Å². The van der Waals surface area contributed by atoms with Gasteiger partial charge in [-0.25, -0.2) is 9.99 Å². The third-order valence-electron chi connectivity index (χ3n) is 5.54. The molecule has 1 aliphatic rings. The molecule has 0 aliphatic carbocycles. The molecular formula is C23H16ClN5O5. The lowest BCUT2D eigenvalue weighted by Gasteiger charge is -2.20. The Balaban J connectivity index is 1.48. The van der Waals surface area contributed by atoms with Gasteiger partial charge in [-0.05, 0) is 35.9 Å². The average molecular weight is 478 g/mol. The van der Waals surface area contributed by atoms with Crippen LogP contribution in [-0.2, 0) is 11.3 Å². The molecular weight excluding hydrogens is 462 g/mol. The van der Waals surface area contributed by atoms with Gasteiger partial charge in [0, 0.05) is 23.6 Å². The van der Waals surface area contributed by atoms with E-state index in [-0.39, 0.29) is 17.6 Å². The average Bonchev–Trinajstić information content (AvgIpc) is 3.51. The van der Waals surface area contributed by atoms with Gasteiger partial charge in [0.25, 0.3) is 17.2 Å². The number of aromatic nitrogens is 2. The van der Waals surface area contributed by atoms with Gasteiger partial charge in [-0.3, -0.25) is 24.3 Å². The van der Waals surface area contributed by atoms with E-state index < -0.39 is 22.4 Å². The van der Waals surface area contributed by atoms with Gasteiger partial charge in [0.15, 0.2) is 0 Å². The van der Waals surface area contributed by atoms with Crippen LogP contribution in [0.3, 0.4) is 0 Å². The molecule has 2 aromatic heterocycles. The van der Waals surface area contributed by atoms with Crippen molar-refractivity contribution in [3.8, 4) is 0 Å². The van der Waals surface area contributed by atoms with Crippen LogP contribution in [0.1, 0.15) is 23.8 Å². The Morgan fingerprint density at radius 1 is 1.21 bits per heavy atom. The smallest absolute Gasteiger partial charge is 0.270 e. The molecule has 0 bridgehead atoms. The van der Waals surface area contributed by atoms with Crippen LogP contribution in [0.15, 0.2) is 81.5 Å². The van der Waals surface area contributed by atoms with Crippen molar-refractivity contribution in [2.45, 2.75) is 19.0 Å². The van der Waals surface area contributed by atoms with Crippen LogP contribution in [0.4, 0.5) is 5.69 Å². The molecule has 0 saturated carbocycles. The summed E-state index contributed by atoms with van der Waals surface area (Å²) in [4.78, 5) is 40.9. The Hall–Kier alpha value is -4.31. The van der Waals surface area contributed by atoms with E-state index in [0.29, 0.717) is 28.4 Å². The molecule has 170 valence electrons.